The molecule has 2 aliphatic heterocycles. The van der Waals surface area contributed by atoms with Crippen molar-refractivity contribution in [3.05, 3.63) is 64.5 Å². The fourth-order valence-corrected chi connectivity index (χ4v) is 6.24. The van der Waals surface area contributed by atoms with E-state index in [1.165, 1.54) is 18.2 Å². The molecule has 2 saturated heterocycles. The Hall–Kier alpha value is -3.69. The number of benzene rings is 2. The maximum absolute atomic E-state index is 14.0. The second-order valence-electron chi connectivity index (χ2n) is 11.4. The van der Waals surface area contributed by atoms with Gasteiger partial charge in [0.25, 0.3) is 11.8 Å². The second-order valence-corrected chi connectivity index (χ2v) is 11.4. The zero-order valence-electron chi connectivity index (χ0n) is 23.2. The van der Waals surface area contributed by atoms with Gasteiger partial charge in [0, 0.05) is 44.0 Å². The van der Waals surface area contributed by atoms with Crippen molar-refractivity contribution in [3.63, 3.8) is 0 Å². The highest BCUT2D eigenvalue weighted by Gasteiger charge is 2.54. The number of rotatable bonds is 7. The van der Waals surface area contributed by atoms with Crippen LogP contribution in [0.2, 0.25) is 0 Å². The SMILES string of the molecule is C[C@H]1CN([C@@H]2CC[C@@](C(=O)NCc3cc(C#N)cc(C(F)(F)F)c3)(C3CC3)OC2)CCN1c1ccc(F)c(C(N)=O)c1. The molecule has 42 heavy (non-hydrogen) atoms. The highest BCUT2D eigenvalue weighted by Crippen LogP contribution is 2.47. The molecular weight excluding hydrogens is 554 g/mol. The fraction of sp³-hybridized carbons (Fsp3) is 0.500. The van der Waals surface area contributed by atoms with Crippen LogP contribution >= 0.6 is 0 Å². The van der Waals surface area contributed by atoms with E-state index in [9.17, 15) is 27.2 Å². The van der Waals surface area contributed by atoms with Crippen LogP contribution < -0.4 is 16.0 Å². The number of ether oxygens (including phenoxy) is 1. The summed E-state index contributed by atoms with van der Waals surface area (Å²) in [5, 5.41) is 11.9. The minimum atomic E-state index is -4.60. The van der Waals surface area contributed by atoms with Crippen LogP contribution in [0.5, 0.6) is 0 Å². The van der Waals surface area contributed by atoms with Crippen LogP contribution in [-0.4, -0.2) is 60.6 Å². The molecule has 2 amide bonds. The Bertz CT molecular complexity index is 1400. The molecule has 0 bridgehead atoms. The molecule has 3 atom stereocenters. The fourth-order valence-electron chi connectivity index (χ4n) is 6.24. The third-order valence-electron chi connectivity index (χ3n) is 8.63. The lowest BCUT2D eigenvalue weighted by atomic mass is 9.85. The van der Waals surface area contributed by atoms with Gasteiger partial charge in [0.2, 0.25) is 0 Å². The number of nitrogens with zero attached hydrogens (tertiary/aromatic N) is 3. The van der Waals surface area contributed by atoms with E-state index in [1.807, 2.05) is 0 Å². The number of amides is 2. The standard InChI is InChI=1S/C30H33F4N5O3/c1-18-16-38(8-9-39(18)23-4-5-26(31)25(13-23)27(36)40)24-6-7-29(42-17-24,21-2-3-21)28(41)37-15-20-10-19(14-35)11-22(12-20)30(32,33)34/h4-5,10-13,18,21,24H,2-3,6-9,15-17H2,1H3,(H2,36,40)(H,37,41)/t18-,24+,29-/m0/s1. The molecule has 0 aromatic heterocycles. The second kappa shape index (κ2) is 11.5. The molecule has 0 spiro atoms. The Morgan fingerprint density at radius 1 is 1.17 bits per heavy atom. The van der Waals surface area contributed by atoms with Crippen molar-refractivity contribution in [2.24, 2.45) is 11.7 Å². The van der Waals surface area contributed by atoms with Crippen molar-refractivity contribution in [1.29, 1.82) is 5.26 Å². The van der Waals surface area contributed by atoms with Gasteiger partial charge in [-0.1, -0.05) is 0 Å². The third kappa shape index (κ3) is 6.08. The number of hydrogen-bond acceptors (Lipinski definition) is 6. The molecule has 2 aromatic rings. The van der Waals surface area contributed by atoms with Gasteiger partial charge < -0.3 is 20.7 Å². The van der Waals surface area contributed by atoms with Gasteiger partial charge >= 0.3 is 6.18 Å². The van der Waals surface area contributed by atoms with Gasteiger partial charge in [-0.15, -0.1) is 0 Å². The summed E-state index contributed by atoms with van der Waals surface area (Å²) < 4.78 is 60.1. The maximum Gasteiger partial charge on any atom is 0.416 e. The number of halogens is 4. The topological polar surface area (TPSA) is 112 Å². The number of nitrogens with one attached hydrogen (secondary N) is 1. The molecule has 5 rings (SSSR count). The van der Waals surface area contributed by atoms with Crippen molar-refractivity contribution in [2.75, 3.05) is 31.1 Å². The summed E-state index contributed by atoms with van der Waals surface area (Å²) in [7, 11) is 0. The molecular formula is C30H33F4N5O3. The number of alkyl halides is 3. The Labute approximate surface area is 241 Å². The smallest absolute Gasteiger partial charge is 0.366 e. The highest BCUT2D eigenvalue weighted by molar-refractivity contribution is 5.94. The first-order chi connectivity index (χ1) is 19.9. The van der Waals surface area contributed by atoms with Crippen molar-refractivity contribution in [1.82, 2.24) is 10.2 Å². The summed E-state index contributed by atoms with van der Waals surface area (Å²) in [6, 6.07) is 9.36. The van der Waals surface area contributed by atoms with Gasteiger partial charge in [-0.25, -0.2) is 4.39 Å². The minimum absolute atomic E-state index is 0.0586. The normalized spacial score (nSPS) is 25.1. The third-order valence-corrected chi connectivity index (χ3v) is 8.63. The van der Waals surface area contributed by atoms with Crippen molar-refractivity contribution < 1.29 is 31.9 Å². The maximum atomic E-state index is 14.0. The molecule has 12 heteroatoms. The lowest BCUT2D eigenvalue weighted by Crippen LogP contribution is -2.60. The summed E-state index contributed by atoms with van der Waals surface area (Å²) in [6.07, 6.45) is -1.69. The van der Waals surface area contributed by atoms with Crippen molar-refractivity contribution in [2.45, 2.75) is 63.0 Å². The average molecular weight is 588 g/mol. The molecule has 3 fully saturated rings. The van der Waals surface area contributed by atoms with Gasteiger partial charge in [0.15, 0.2) is 0 Å². The molecule has 0 radical (unpaired) electrons. The van der Waals surface area contributed by atoms with Crippen LogP contribution in [-0.2, 0) is 22.3 Å². The van der Waals surface area contributed by atoms with E-state index >= 15 is 0 Å². The average Bonchev–Trinajstić information content (AvgIpc) is 3.82. The lowest BCUT2D eigenvalue weighted by molar-refractivity contribution is -0.165. The largest absolute Gasteiger partial charge is 0.416 e. The van der Waals surface area contributed by atoms with Crippen molar-refractivity contribution >= 4 is 17.5 Å². The van der Waals surface area contributed by atoms with Crippen LogP contribution in [0.15, 0.2) is 36.4 Å². The Morgan fingerprint density at radius 3 is 2.52 bits per heavy atom. The minimum Gasteiger partial charge on any atom is -0.366 e. The van der Waals surface area contributed by atoms with Gasteiger partial charge in [-0.3, -0.25) is 14.5 Å². The van der Waals surface area contributed by atoms with Gasteiger partial charge in [0.1, 0.15) is 11.4 Å². The number of primary amides is 1. The van der Waals surface area contributed by atoms with Crippen LogP contribution in [0.1, 0.15) is 59.7 Å². The predicted octanol–water partition coefficient (Wildman–Crippen LogP) is 3.97. The summed E-state index contributed by atoms with van der Waals surface area (Å²) in [4.78, 5) is 29.5. The number of carbonyl (C=O) groups excluding carboxylic acids is 2. The number of piperazine rings is 1. The van der Waals surface area contributed by atoms with Gasteiger partial charge in [-0.2, -0.15) is 18.4 Å². The number of anilines is 1. The Balaban J connectivity index is 1.20. The number of nitriles is 1. The molecule has 1 saturated carbocycles. The number of carbonyl (C=O) groups is 2. The lowest BCUT2D eigenvalue weighted by Gasteiger charge is -2.48. The molecule has 224 valence electrons. The van der Waals surface area contributed by atoms with Crippen LogP contribution in [0.25, 0.3) is 0 Å². The van der Waals surface area contributed by atoms with E-state index in [0.29, 0.717) is 32.7 Å². The molecule has 0 unspecified atom stereocenters. The van der Waals surface area contributed by atoms with Gasteiger partial charge in [0.05, 0.1) is 29.4 Å². The van der Waals surface area contributed by atoms with E-state index in [4.69, 9.17) is 15.7 Å². The zero-order valence-corrected chi connectivity index (χ0v) is 23.2. The molecule has 2 aromatic carbocycles. The van der Waals surface area contributed by atoms with Gasteiger partial charge in [-0.05, 0) is 80.5 Å². The van der Waals surface area contributed by atoms with Crippen LogP contribution in [0.3, 0.4) is 0 Å². The first kappa shape index (κ1) is 29.8. The van der Waals surface area contributed by atoms with E-state index in [1.54, 1.807) is 12.1 Å². The van der Waals surface area contributed by atoms with Crippen LogP contribution in [0, 0.1) is 23.1 Å². The first-order valence-corrected chi connectivity index (χ1v) is 14.0. The van der Waals surface area contributed by atoms with E-state index in [0.717, 1.165) is 37.1 Å². The predicted molar refractivity (Wildman–Crippen MR) is 146 cm³/mol. The Kier molecular flexibility index (Phi) is 8.18. The molecule has 3 aliphatic rings. The molecule has 3 N–H and O–H groups in total. The van der Waals surface area contributed by atoms with Crippen molar-refractivity contribution in [3.8, 4) is 6.07 Å². The number of nitrogens with two attached hydrogens (primary N) is 1. The highest BCUT2D eigenvalue weighted by atomic mass is 19.4. The summed E-state index contributed by atoms with van der Waals surface area (Å²) in [6.45, 7) is 4.33. The monoisotopic (exact) mass is 587 g/mol. The molecule has 8 nitrogen and oxygen atoms in total. The summed E-state index contributed by atoms with van der Waals surface area (Å²) >= 11 is 0. The van der Waals surface area contributed by atoms with E-state index in [-0.39, 0.29) is 47.1 Å². The van der Waals surface area contributed by atoms with E-state index < -0.39 is 29.1 Å². The van der Waals surface area contributed by atoms with E-state index in [2.05, 4.69) is 22.0 Å². The first-order valence-electron chi connectivity index (χ1n) is 14.0. The quantitative estimate of drug-likeness (QED) is 0.475. The number of hydrogen-bond donors (Lipinski definition) is 2. The Morgan fingerprint density at radius 2 is 1.93 bits per heavy atom. The summed E-state index contributed by atoms with van der Waals surface area (Å²) in [5.41, 5.74) is 4.03. The summed E-state index contributed by atoms with van der Waals surface area (Å²) in [5.74, 6) is -1.74. The zero-order chi connectivity index (χ0) is 30.2. The molecule has 2 heterocycles. The molecule has 1 aliphatic carbocycles. The van der Waals surface area contributed by atoms with Crippen LogP contribution in [0.4, 0.5) is 23.2 Å².